The SMILES string of the molecule is CCCOCCCNCc1csc(Br)c1. The minimum atomic E-state index is 0.869. The fourth-order valence-corrected chi connectivity index (χ4v) is 2.43. The van der Waals surface area contributed by atoms with Gasteiger partial charge < -0.3 is 10.1 Å². The Morgan fingerprint density at radius 3 is 3.00 bits per heavy atom. The van der Waals surface area contributed by atoms with E-state index in [0.29, 0.717) is 0 Å². The van der Waals surface area contributed by atoms with Crippen LogP contribution in [0.3, 0.4) is 0 Å². The lowest BCUT2D eigenvalue weighted by Crippen LogP contribution is -2.16. The topological polar surface area (TPSA) is 21.3 Å². The van der Waals surface area contributed by atoms with E-state index in [1.165, 1.54) is 9.35 Å². The second-order valence-corrected chi connectivity index (χ2v) is 5.69. The van der Waals surface area contributed by atoms with Crippen LogP contribution in [0.2, 0.25) is 0 Å². The molecular formula is C11H18BrNOS. The summed E-state index contributed by atoms with van der Waals surface area (Å²) < 4.78 is 6.59. The van der Waals surface area contributed by atoms with Crippen molar-refractivity contribution in [2.45, 2.75) is 26.3 Å². The Kier molecular flexibility index (Phi) is 7.26. The molecule has 1 aromatic heterocycles. The van der Waals surface area contributed by atoms with Crippen LogP contribution in [0, 0.1) is 0 Å². The number of nitrogens with one attached hydrogen (secondary N) is 1. The van der Waals surface area contributed by atoms with Crippen molar-refractivity contribution in [2.24, 2.45) is 0 Å². The van der Waals surface area contributed by atoms with Crippen molar-refractivity contribution in [3.63, 3.8) is 0 Å². The molecule has 0 bridgehead atoms. The van der Waals surface area contributed by atoms with Crippen molar-refractivity contribution in [2.75, 3.05) is 19.8 Å². The maximum Gasteiger partial charge on any atom is 0.0701 e. The zero-order valence-electron chi connectivity index (χ0n) is 9.09. The molecule has 1 heterocycles. The standard InChI is InChI=1S/C11H18BrNOS/c1-2-5-14-6-3-4-13-8-10-7-11(12)15-9-10/h7,9,13H,2-6,8H2,1H3. The van der Waals surface area contributed by atoms with Crippen molar-refractivity contribution >= 4 is 27.3 Å². The summed E-state index contributed by atoms with van der Waals surface area (Å²) in [6.45, 7) is 5.87. The minimum Gasteiger partial charge on any atom is -0.381 e. The van der Waals surface area contributed by atoms with Crippen molar-refractivity contribution in [1.82, 2.24) is 5.32 Å². The van der Waals surface area contributed by atoms with Crippen LogP contribution in [0.4, 0.5) is 0 Å². The molecule has 0 aliphatic rings. The molecule has 0 spiro atoms. The Balaban J connectivity index is 1.93. The highest BCUT2D eigenvalue weighted by Gasteiger charge is 1.96. The first-order valence-corrected chi connectivity index (χ1v) is 7.01. The first-order valence-electron chi connectivity index (χ1n) is 5.34. The first kappa shape index (κ1) is 13.2. The molecule has 0 amide bonds. The van der Waals surface area contributed by atoms with E-state index in [0.717, 1.165) is 39.1 Å². The van der Waals surface area contributed by atoms with E-state index in [-0.39, 0.29) is 0 Å². The third-order valence-electron chi connectivity index (χ3n) is 1.94. The summed E-state index contributed by atoms with van der Waals surface area (Å²) in [7, 11) is 0. The van der Waals surface area contributed by atoms with Gasteiger partial charge >= 0.3 is 0 Å². The Labute approximate surface area is 104 Å². The maximum atomic E-state index is 5.39. The van der Waals surface area contributed by atoms with Gasteiger partial charge in [-0.05, 0) is 52.3 Å². The summed E-state index contributed by atoms with van der Waals surface area (Å²) in [5, 5.41) is 5.57. The minimum absolute atomic E-state index is 0.869. The van der Waals surface area contributed by atoms with E-state index < -0.39 is 0 Å². The molecule has 86 valence electrons. The van der Waals surface area contributed by atoms with Crippen molar-refractivity contribution in [3.8, 4) is 0 Å². The molecule has 0 radical (unpaired) electrons. The number of halogens is 1. The van der Waals surface area contributed by atoms with Crippen LogP contribution in [0.15, 0.2) is 15.2 Å². The second-order valence-electron chi connectivity index (χ2n) is 3.40. The average molecular weight is 292 g/mol. The van der Waals surface area contributed by atoms with Gasteiger partial charge in [-0.3, -0.25) is 0 Å². The predicted octanol–water partition coefficient (Wildman–Crippen LogP) is 3.42. The third kappa shape index (κ3) is 6.30. The lowest BCUT2D eigenvalue weighted by molar-refractivity contribution is 0.132. The van der Waals surface area contributed by atoms with E-state index in [1.807, 2.05) is 0 Å². The number of thiophene rings is 1. The highest BCUT2D eigenvalue weighted by atomic mass is 79.9. The van der Waals surface area contributed by atoms with Crippen molar-refractivity contribution < 1.29 is 4.74 Å². The zero-order valence-corrected chi connectivity index (χ0v) is 11.5. The van der Waals surface area contributed by atoms with Crippen LogP contribution < -0.4 is 5.32 Å². The molecule has 0 unspecified atom stereocenters. The Morgan fingerprint density at radius 2 is 2.33 bits per heavy atom. The lowest BCUT2D eigenvalue weighted by Gasteiger charge is -2.03. The van der Waals surface area contributed by atoms with Crippen LogP contribution in [-0.4, -0.2) is 19.8 Å². The van der Waals surface area contributed by atoms with Gasteiger partial charge in [0.2, 0.25) is 0 Å². The Bertz CT molecular complexity index is 265. The van der Waals surface area contributed by atoms with Crippen molar-refractivity contribution in [3.05, 3.63) is 20.8 Å². The van der Waals surface area contributed by atoms with Gasteiger partial charge in [-0.1, -0.05) is 6.92 Å². The summed E-state index contributed by atoms with van der Waals surface area (Å²) in [5.74, 6) is 0. The van der Waals surface area contributed by atoms with Crippen LogP contribution >= 0.6 is 27.3 Å². The van der Waals surface area contributed by atoms with Gasteiger partial charge in [-0.25, -0.2) is 0 Å². The molecule has 0 saturated heterocycles. The van der Waals surface area contributed by atoms with Crippen LogP contribution in [-0.2, 0) is 11.3 Å². The van der Waals surface area contributed by atoms with E-state index in [9.17, 15) is 0 Å². The molecule has 1 aromatic rings. The van der Waals surface area contributed by atoms with E-state index in [1.54, 1.807) is 11.3 Å². The van der Waals surface area contributed by atoms with Gasteiger partial charge in [-0.15, -0.1) is 11.3 Å². The van der Waals surface area contributed by atoms with Gasteiger partial charge in [0, 0.05) is 19.8 Å². The first-order chi connectivity index (χ1) is 7.33. The molecule has 2 nitrogen and oxygen atoms in total. The fourth-order valence-electron chi connectivity index (χ4n) is 1.22. The van der Waals surface area contributed by atoms with Crippen molar-refractivity contribution in [1.29, 1.82) is 0 Å². The van der Waals surface area contributed by atoms with Gasteiger partial charge in [-0.2, -0.15) is 0 Å². The van der Waals surface area contributed by atoms with Gasteiger partial charge in [0.15, 0.2) is 0 Å². The third-order valence-corrected chi connectivity index (χ3v) is 3.49. The number of hydrogen-bond donors (Lipinski definition) is 1. The highest BCUT2D eigenvalue weighted by molar-refractivity contribution is 9.11. The molecule has 0 aliphatic carbocycles. The van der Waals surface area contributed by atoms with Gasteiger partial charge in [0.1, 0.15) is 0 Å². The van der Waals surface area contributed by atoms with Crippen LogP contribution in [0.1, 0.15) is 25.3 Å². The van der Waals surface area contributed by atoms with E-state index in [4.69, 9.17) is 4.74 Å². The number of hydrogen-bond acceptors (Lipinski definition) is 3. The smallest absolute Gasteiger partial charge is 0.0701 e. The zero-order chi connectivity index (χ0) is 10.9. The molecule has 0 saturated carbocycles. The molecule has 0 atom stereocenters. The molecule has 1 N–H and O–H groups in total. The monoisotopic (exact) mass is 291 g/mol. The highest BCUT2D eigenvalue weighted by Crippen LogP contribution is 2.20. The summed E-state index contributed by atoms with van der Waals surface area (Å²) >= 11 is 5.19. The molecule has 0 aromatic carbocycles. The van der Waals surface area contributed by atoms with Gasteiger partial charge in [0.05, 0.1) is 3.79 Å². The maximum absolute atomic E-state index is 5.39. The van der Waals surface area contributed by atoms with Gasteiger partial charge in [0.25, 0.3) is 0 Å². The molecule has 0 fully saturated rings. The average Bonchev–Trinajstić information content (AvgIpc) is 2.63. The number of rotatable bonds is 8. The van der Waals surface area contributed by atoms with E-state index >= 15 is 0 Å². The number of ether oxygens (including phenoxy) is 1. The quantitative estimate of drug-likeness (QED) is 0.741. The van der Waals surface area contributed by atoms with Crippen LogP contribution in [0.25, 0.3) is 0 Å². The molecule has 15 heavy (non-hydrogen) atoms. The molecule has 0 aliphatic heterocycles. The summed E-state index contributed by atoms with van der Waals surface area (Å²) in [5.41, 5.74) is 1.35. The second kappa shape index (κ2) is 8.28. The Morgan fingerprint density at radius 1 is 1.47 bits per heavy atom. The van der Waals surface area contributed by atoms with Crippen LogP contribution in [0.5, 0.6) is 0 Å². The fraction of sp³-hybridized carbons (Fsp3) is 0.636. The molecule has 4 heteroatoms. The summed E-state index contributed by atoms with van der Waals surface area (Å²) in [4.78, 5) is 0. The largest absolute Gasteiger partial charge is 0.381 e. The Hall–Kier alpha value is 0.100. The molecule has 1 rings (SSSR count). The van der Waals surface area contributed by atoms with E-state index in [2.05, 4.69) is 39.6 Å². The lowest BCUT2D eigenvalue weighted by atomic mass is 10.3. The summed E-state index contributed by atoms with van der Waals surface area (Å²) in [6, 6.07) is 2.16. The predicted molar refractivity (Wildman–Crippen MR) is 69.5 cm³/mol. The summed E-state index contributed by atoms with van der Waals surface area (Å²) in [6.07, 6.45) is 2.20. The normalized spacial score (nSPS) is 10.8. The molecular weight excluding hydrogens is 274 g/mol.